The van der Waals surface area contributed by atoms with Crippen LogP contribution in [0.1, 0.15) is 18.6 Å². The van der Waals surface area contributed by atoms with Crippen LogP contribution in [0, 0.1) is 6.92 Å². The molecule has 0 atom stereocenters. The highest BCUT2D eigenvalue weighted by Gasteiger charge is 2.18. The van der Waals surface area contributed by atoms with Crippen molar-refractivity contribution in [3.8, 4) is 11.1 Å². The zero-order chi connectivity index (χ0) is 17.9. The lowest BCUT2D eigenvalue weighted by atomic mass is 10.1. The average molecular weight is 354 g/mol. The smallest absolute Gasteiger partial charge is 0.230 e. The number of piperidine rings is 1. The van der Waals surface area contributed by atoms with Gasteiger partial charge in [0.05, 0.1) is 6.20 Å². The summed E-state index contributed by atoms with van der Waals surface area (Å²) in [5.74, 6) is 2.59. The fraction of sp³-hybridized carbons (Fsp3) is 0.412. The normalized spacial score (nSPS) is 15.2. The van der Waals surface area contributed by atoms with E-state index in [1.807, 2.05) is 32.6 Å². The summed E-state index contributed by atoms with van der Waals surface area (Å²) in [4.78, 5) is 9.11. The third kappa shape index (κ3) is 3.67. The van der Waals surface area contributed by atoms with E-state index in [9.17, 15) is 0 Å². The molecule has 26 heavy (non-hydrogen) atoms. The standard InChI is InChI=1S/C17H22N8O/c1-11-7-15(24-26-11)22-17-19-9-14(12-8-20-25(2)10-12)16(23-17)21-13-3-5-18-6-4-13/h7-10,13,18H,3-6H2,1-2H3,(H2,19,21,22,23,24). The molecule has 0 aliphatic carbocycles. The van der Waals surface area contributed by atoms with Gasteiger partial charge in [-0.3, -0.25) is 4.68 Å². The highest BCUT2D eigenvalue weighted by atomic mass is 16.5. The molecule has 1 saturated heterocycles. The van der Waals surface area contributed by atoms with Gasteiger partial charge in [0.25, 0.3) is 0 Å². The third-order valence-corrected chi connectivity index (χ3v) is 4.35. The predicted molar refractivity (Wildman–Crippen MR) is 98.3 cm³/mol. The molecule has 9 nitrogen and oxygen atoms in total. The highest BCUT2D eigenvalue weighted by Crippen LogP contribution is 2.28. The van der Waals surface area contributed by atoms with Gasteiger partial charge >= 0.3 is 0 Å². The van der Waals surface area contributed by atoms with Gasteiger partial charge in [-0.25, -0.2) is 4.98 Å². The van der Waals surface area contributed by atoms with Gasteiger partial charge in [-0.1, -0.05) is 5.16 Å². The van der Waals surface area contributed by atoms with Gasteiger partial charge in [-0.05, 0) is 32.9 Å². The Balaban J connectivity index is 1.64. The minimum atomic E-state index is 0.378. The number of hydrogen-bond acceptors (Lipinski definition) is 8. The van der Waals surface area contributed by atoms with Crippen LogP contribution in [0.25, 0.3) is 11.1 Å². The molecule has 3 N–H and O–H groups in total. The van der Waals surface area contributed by atoms with Gasteiger partial charge in [0.15, 0.2) is 5.82 Å². The predicted octanol–water partition coefficient (Wildman–Crippen LogP) is 2.08. The summed E-state index contributed by atoms with van der Waals surface area (Å²) >= 11 is 0. The van der Waals surface area contributed by atoms with Crippen molar-refractivity contribution in [1.82, 2.24) is 30.2 Å². The topological polar surface area (TPSA) is 106 Å². The SMILES string of the molecule is Cc1cc(Nc2ncc(-c3cnn(C)c3)c(NC3CCNCC3)n2)no1. The Kier molecular flexibility index (Phi) is 4.53. The van der Waals surface area contributed by atoms with E-state index >= 15 is 0 Å². The minimum Gasteiger partial charge on any atom is -0.367 e. The fourth-order valence-electron chi connectivity index (χ4n) is 3.02. The van der Waals surface area contributed by atoms with Gasteiger partial charge in [0, 0.05) is 42.7 Å². The molecule has 0 radical (unpaired) electrons. The molecular formula is C17H22N8O. The first-order valence-corrected chi connectivity index (χ1v) is 8.71. The van der Waals surface area contributed by atoms with Crippen LogP contribution in [0.3, 0.4) is 0 Å². The Hall–Kier alpha value is -2.94. The molecule has 1 aliphatic rings. The van der Waals surface area contributed by atoms with E-state index in [1.54, 1.807) is 10.7 Å². The summed E-state index contributed by atoms with van der Waals surface area (Å²) in [7, 11) is 1.90. The fourth-order valence-corrected chi connectivity index (χ4v) is 3.02. The van der Waals surface area contributed by atoms with Crippen LogP contribution >= 0.6 is 0 Å². The lowest BCUT2D eigenvalue weighted by Crippen LogP contribution is -2.35. The summed E-state index contributed by atoms with van der Waals surface area (Å²) < 4.78 is 6.85. The molecule has 136 valence electrons. The van der Waals surface area contributed by atoms with E-state index in [0.29, 0.717) is 17.8 Å². The molecule has 3 aromatic rings. The van der Waals surface area contributed by atoms with Crippen molar-refractivity contribution < 1.29 is 4.52 Å². The van der Waals surface area contributed by atoms with Crippen LogP contribution in [0.15, 0.2) is 29.2 Å². The summed E-state index contributed by atoms with van der Waals surface area (Å²) in [6.45, 7) is 3.86. The van der Waals surface area contributed by atoms with E-state index in [-0.39, 0.29) is 0 Å². The van der Waals surface area contributed by atoms with Crippen molar-refractivity contribution in [2.24, 2.45) is 7.05 Å². The zero-order valence-corrected chi connectivity index (χ0v) is 14.9. The number of aryl methyl sites for hydroxylation is 2. The molecule has 0 amide bonds. The Morgan fingerprint density at radius 3 is 2.81 bits per heavy atom. The van der Waals surface area contributed by atoms with Crippen molar-refractivity contribution in [3.05, 3.63) is 30.4 Å². The Morgan fingerprint density at radius 1 is 1.27 bits per heavy atom. The second kappa shape index (κ2) is 7.12. The number of hydrogen-bond donors (Lipinski definition) is 3. The van der Waals surface area contributed by atoms with E-state index in [0.717, 1.165) is 48.6 Å². The van der Waals surface area contributed by atoms with Crippen LogP contribution in [-0.4, -0.2) is 44.0 Å². The second-order valence-corrected chi connectivity index (χ2v) is 6.47. The summed E-state index contributed by atoms with van der Waals surface area (Å²) in [6, 6.07) is 2.18. The van der Waals surface area contributed by atoms with Crippen LogP contribution in [0.4, 0.5) is 17.6 Å². The van der Waals surface area contributed by atoms with Gasteiger partial charge in [0.2, 0.25) is 5.95 Å². The summed E-state index contributed by atoms with van der Waals surface area (Å²) in [5.41, 5.74) is 1.91. The number of aromatic nitrogens is 5. The van der Waals surface area contributed by atoms with Crippen LogP contribution in [0.2, 0.25) is 0 Å². The van der Waals surface area contributed by atoms with Crippen molar-refractivity contribution >= 4 is 17.6 Å². The Bertz CT molecular complexity index is 881. The summed E-state index contributed by atoms with van der Waals surface area (Å²) in [6.07, 6.45) is 7.70. The first kappa shape index (κ1) is 16.5. The van der Waals surface area contributed by atoms with Gasteiger partial charge in [0.1, 0.15) is 11.6 Å². The minimum absolute atomic E-state index is 0.378. The van der Waals surface area contributed by atoms with Crippen LogP contribution < -0.4 is 16.0 Å². The highest BCUT2D eigenvalue weighted by molar-refractivity contribution is 5.75. The number of nitrogens with zero attached hydrogens (tertiary/aromatic N) is 5. The van der Waals surface area contributed by atoms with Crippen LogP contribution in [-0.2, 0) is 7.05 Å². The maximum Gasteiger partial charge on any atom is 0.230 e. The van der Waals surface area contributed by atoms with E-state index in [1.165, 1.54) is 0 Å². The van der Waals surface area contributed by atoms with Crippen LogP contribution in [0.5, 0.6) is 0 Å². The molecule has 0 bridgehead atoms. The molecule has 0 aromatic carbocycles. The Labute approximate surface area is 151 Å². The van der Waals surface area contributed by atoms with Gasteiger partial charge < -0.3 is 20.5 Å². The molecule has 0 saturated carbocycles. The average Bonchev–Trinajstić information content (AvgIpc) is 3.24. The molecule has 4 heterocycles. The molecule has 0 unspecified atom stereocenters. The molecular weight excluding hydrogens is 332 g/mol. The molecule has 1 aliphatic heterocycles. The monoisotopic (exact) mass is 354 g/mol. The number of nitrogens with one attached hydrogen (secondary N) is 3. The summed E-state index contributed by atoms with van der Waals surface area (Å²) in [5, 5.41) is 18.2. The molecule has 1 fully saturated rings. The van der Waals surface area contributed by atoms with Crippen molar-refractivity contribution in [2.45, 2.75) is 25.8 Å². The molecule has 9 heteroatoms. The number of anilines is 3. The van der Waals surface area contributed by atoms with E-state index < -0.39 is 0 Å². The quantitative estimate of drug-likeness (QED) is 0.639. The van der Waals surface area contributed by atoms with E-state index in [2.05, 4.69) is 36.2 Å². The molecule has 3 aromatic heterocycles. The maximum absolute atomic E-state index is 5.08. The molecule has 0 spiro atoms. The number of rotatable bonds is 5. The van der Waals surface area contributed by atoms with Crippen molar-refractivity contribution in [2.75, 3.05) is 23.7 Å². The van der Waals surface area contributed by atoms with Crippen molar-refractivity contribution in [3.63, 3.8) is 0 Å². The first-order chi connectivity index (χ1) is 12.7. The lowest BCUT2D eigenvalue weighted by Gasteiger charge is -2.25. The third-order valence-electron chi connectivity index (χ3n) is 4.35. The maximum atomic E-state index is 5.08. The van der Waals surface area contributed by atoms with E-state index in [4.69, 9.17) is 4.52 Å². The largest absolute Gasteiger partial charge is 0.367 e. The lowest BCUT2D eigenvalue weighted by molar-refractivity contribution is 0.400. The van der Waals surface area contributed by atoms with Crippen molar-refractivity contribution in [1.29, 1.82) is 0 Å². The Morgan fingerprint density at radius 2 is 2.12 bits per heavy atom. The molecule has 4 rings (SSSR count). The first-order valence-electron chi connectivity index (χ1n) is 8.71. The zero-order valence-electron chi connectivity index (χ0n) is 14.9. The van der Waals surface area contributed by atoms with Gasteiger partial charge in [-0.15, -0.1) is 0 Å². The second-order valence-electron chi connectivity index (χ2n) is 6.47. The van der Waals surface area contributed by atoms with Gasteiger partial charge in [-0.2, -0.15) is 10.1 Å².